The highest BCUT2D eigenvalue weighted by Crippen LogP contribution is 2.47. The summed E-state index contributed by atoms with van der Waals surface area (Å²) in [5.41, 5.74) is 4.87. The number of esters is 1. The highest BCUT2D eigenvalue weighted by molar-refractivity contribution is 6.12. The first kappa shape index (κ1) is 27.4. The molecule has 5 rings (SSSR count). The maximum absolute atomic E-state index is 13.9. The summed E-state index contributed by atoms with van der Waals surface area (Å²) in [5, 5.41) is 0. The molecule has 1 saturated carbocycles. The van der Waals surface area contributed by atoms with E-state index in [2.05, 4.69) is 12.1 Å². The average molecular weight is 538 g/mol. The SMILES string of the molecule is CCOc1ccc([C@H]2C(C(=O)OCCc3ccccc3)=C(C)N=C3C[C@@H](c4ccccc4)CC(=O)C32)cc1OC. The van der Waals surface area contributed by atoms with Gasteiger partial charge in [0.25, 0.3) is 0 Å². The molecule has 206 valence electrons. The fourth-order valence-corrected chi connectivity index (χ4v) is 5.90. The second-order valence-corrected chi connectivity index (χ2v) is 10.3. The van der Waals surface area contributed by atoms with Gasteiger partial charge in [-0.05, 0) is 55.0 Å². The number of Topliss-reactive ketones (excluding diaryl/α,β-unsaturated/α-hetero) is 1. The summed E-state index contributed by atoms with van der Waals surface area (Å²) in [4.78, 5) is 32.4. The van der Waals surface area contributed by atoms with Gasteiger partial charge < -0.3 is 14.2 Å². The number of fused-ring (bicyclic) bond motifs is 1. The molecule has 0 radical (unpaired) electrons. The normalized spacial score (nSPS) is 20.4. The largest absolute Gasteiger partial charge is 0.493 e. The van der Waals surface area contributed by atoms with Crippen molar-refractivity contribution in [3.63, 3.8) is 0 Å². The zero-order valence-corrected chi connectivity index (χ0v) is 23.3. The zero-order chi connectivity index (χ0) is 28.1. The maximum atomic E-state index is 13.9. The Morgan fingerprint density at radius 1 is 0.900 bits per heavy atom. The number of nitrogens with zero attached hydrogens (tertiary/aromatic N) is 1. The summed E-state index contributed by atoms with van der Waals surface area (Å²) >= 11 is 0. The number of aliphatic imine (C=N–C) groups is 1. The van der Waals surface area contributed by atoms with Crippen LogP contribution in [0.2, 0.25) is 0 Å². The Morgan fingerprint density at radius 3 is 2.33 bits per heavy atom. The van der Waals surface area contributed by atoms with Crippen LogP contribution < -0.4 is 9.47 Å². The Balaban J connectivity index is 1.51. The quantitative estimate of drug-likeness (QED) is 0.293. The third-order valence-electron chi connectivity index (χ3n) is 7.76. The van der Waals surface area contributed by atoms with Crippen LogP contribution in [0.25, 0.3) is 0 Å². The molecule has 0 amide bonds. The van der Waals surface area contributed by atoms with Crippen LogP contribution >= 0.6 is 0 Å². The van der Waals surface area contributed by atoms with E-state index in [1.165, 1.54) is 0 Å². The van der Waals surface area contributed by atoms with E-state index >= 15 is 0 Å². The molecule has 1 heterocycles. The lowest BCUT2D eigenvalue weighted by molar-refractivity contribution is -0.139. The van der Waals surface area contributed by atoms with Crippen LogP contribution in [-0.2, 0) is 20.7 Å². The van der Waals surface area contributed by atoms with Gasteiger partial charge in [-0.1, -0.05) is 66.7 Å². The molecule has 1 unspecified atom stereocenters. The Kier molecular flexibility index (Phi) is 8.44. The van der Waals surface area contributed by atoms with Crippen LogP contribution in [-0.4, -0.2) is 37.8 Å². The molecule has 1 aliphatic carbocycles. The van der Waals surface area contributed by atoms with E-state index in [0.29, 0.717) is 48.6 Å². The van der Waals surface area contributed by atoms with Gasteiger partial charge in [0.05, 0.1) is 31.8 Å². The van der Waals surface area contributed by atoms with Crippen molar-refractivity contribution in [1.29, 1.82) is 0 Å². The second kappa shape index (κ2) is 12.3. The highest BCUT2D eigenvalue weighted by atomic mass is 16.5. The fraction of sp³-hybridized carbons (Fsp3) is 0.324. The molecule has 40 heavy (non-hydrogen) atoms. The number of allylic oxidation sites excluding steroid dienone is 1. The smallest absolute Gasteiger partial charge is 0.336 e. The number of hydrogen-bond donors (Lipinski definition) is 0. The van der Waals surface area contributed by atoms with Gasteiger partial charge in [0.1, 0.15) is 5.78 Å². The number of ether oxygens (including phenoxy) is 3. The van der Waals surface area contributed by atoms with Crippen molar-refractivity contribution < 1.29 is 23.8 Å². The third kappa shape index (κ3) is 5.71. The number of carbonyl (C=O) groups is 2. The Morgan fingerprint density at radius 2 is 1.62 bits per heavy atom. The van der Waals surface area contributed by atoms with Gasteiger partial charge in [-0.25, -0.2) is 4.79 Å². The van der Waals surface area contributed by atoms with Gasteiger partial charge in [-0.2, -0.15) is 0 Å². The second-order valence-electron chi connectivity index (χ2n) is 10.3. The van der Waals surface area contributed by atoms with Crippen LogP contribution in [0.1, 0.15) is 55.2 Å². The molecule has 0 bridgehead atoms. The van der Waals surface area contributed by atoms with Crippen molar-refractivity contribution >= 4 is 17.5 Å². The van der Waals surface area contributed by atoms with Crippen LogP contribution in [0.5, 0.6) is 11.5 Å². The van der Waals surface area contributed by atoms with E-state index in [0.717, 1.165) is 22.4 Å². The highest BCUT2D eigenvalue weighted by Gasteiger charge is 2.46. The van der Waals surface area contributed by atoms with Crippen molar-refractivity contribution in [3.8, 4) is 11.5 Å². The maximum Gasteiger partial charge on any atom is 0.336 e. The van der Waals surface area contributed by atoms with E-state index in [1.54, 1.807) is 7.11 Å². The van der Waals surface area contributed by atoms with Crippen LogP contribution in [0, 0.1) is 5.92 Å². The molecule has 6 nitrogen and oxygen atoms in total. The zero-order valence-electron chi connectivity index (χ0n) is 23.3. The lowest BCUT2D eigenvalue weighted by atomic mass is 9.66. The van der Waals surface area contributed by atoms with E-state index < -0.39 is 17.8 Å². The summed E-state index contributed by atoms with van der Waals surface area (Å²) in [6, 6.07) is 25.6. The number of hydrogen-bond acceptors (Lipinski definition) is 6. The van der Waals surface area contributed by atoms with E-state index in [4.69, 9.17) is 19.2 Å². The van der Waals surface area contributed by atoms with Crippen LogP contribution in [0.4, 0.5) is 0 Å². The van der Waals surface area contributed by atoms with Crippen LogP contribution in [0.15, 0.2) is 95.1 Å². The van der Waals surface area contributed by atoms with Crippen molar-refractivity contribution in [2.24, 2.45) is 10.9 Å². The molecule has 0 N–H and O–H groups in total. The minimum Gasteiger partial charge on any atom is -0.493 e. The Hall–Kier alpha value is -4.19. The summed E-state index contributed by atoms with van der Waals surface area (Å²) in [6.07, 6.45) is 1.67. The minimum atomic E-state index is -0.539. The molecule has 0 spiro atoms. The van der Waals surface area contributed by atoms with Gasteiger partial charge in [-0.15, -0.1) is 0 Å². The first-order valence-corrected chi connectivity index (χ1v) is 13.9. The number of rotatable bonds is 9. The van der Waals surface area contributed by atoms with E-state index in [9.17, 15) is 9.59 Å². The van der Waals surface area contributed by atoms with E-state index in [1.807, 2.05) is 80.6 Å². The van der Waals surface area contributed by atoms with Crippen molar-refractivity contribution in [2.75, 3.05) is 20.3 Å². The van der Waals surface area contributed by atoms with Gasteiger partial charge >= 0.3 is 5.97 Å². The topological polar surface area (TPSA) is 74.2 Å². The summed E-state index contributed by atoms with van der Waals surface area (Å²) in [5.74, 6) is -0.181. The first-order chi connectivity index (χ1) is 19.5. The summed E-state index contributed by atoms with van der Waals surface area (Å²) in [7, 11) is 1.59. The molecule has 6 heteroatoms. The van der Waals surface area contributed by atoms with Gasteiger partial charge in [0.2, 0.25) is 0 Å². The molecule has 1 aliphatic heterocycles. The molecular weight excluding hydrogens is 502 g/mol. The number of ketones is 1. The van der Waals surface area contributed by atoms with Crippen LogP contribution in [0.3, 0.4) is 0 Å². The predicted molar refractivity (Wildman–Crippen MR) is 155 cm³/mol. The summed E-state index contributed by atoms with van der Waals surface area (Å²) < 4.78 is 17.2. The van der Waals surface area contributed by atoms with Crippen molar-refractivity contribution in [2.45, 2.75) is 44.9 Å². The number of methoxy groups -OCH3 is 1. The standard InChI is InChI=1S/C34H35NO5/c1-4-39-29-16-15-25(21-30(29)38-3)32-31(34(37)40-18-17-23-11-7-5-8-12-23)22(2)35-27-19-26(20-28(36)33(27)32)24-13-9-6-10-14-24/h5-16,21,26,32-33H,4,17-20H2,1-3H3/t26-,32+,33?/m1/s1. The van der Waals surface area contributed by atoms with Gasteiger partial charge in [0.15, 0.2) is 11.5 Å². The lowest BCUT2D eigenvalue weighted by Gasteiger charge is -2.38. The van der Waals surface area contributed by atoms with Crippen molar-refractivity contribution in [1.82, 2.24) is 0 Å². The number of carbonyl (C=O) groups excluding carboxylic acids is 2. The third-order valence-corrected chi connectivity index (χ3v) is 7.76. The van der Waals surface area contributed by atoms with Gasteiger partial charge in [-0.3, -0.25) is 9.79 Å². The molecule has 3 atom stereocenters. The first-order valence-electron chi connectivity index (χ1n) is 13.9. The minimum absolute atomic E-state index is 0.0615. The molecule has 2 aliphatic rings. The average Bonchev–Trinajstić information content (AvgIpc) is 2.97. The van der Waals surface area contributed by atoms with Gasteiger partial charge in [0, 0.05) is 30.2 Å². The fourth-order valence-electron chi connectivity index (χ4n) is 5.90. The molecule has 3 aromatic carbocycles. The van der Waals surface area contributed by atoms with E-state index in [-0.39, 0.29) is 18.3 Å². The predicted octanol–water partition coefficient (Wildman–Crippen LogP) is 6.45. The summed E-state index contributed by atoms with van der Waals surface area (Å²) in [6.45, 7) is 4.49. The Labute approximate surface area is 235 Å². The molecule has 0 aromatic heterocycles. The lowest BCUT2D eigenvalue weighted by Crippen LogP contribution is -2.41. The monoisotopic (exact) mass is 537 g/mol. The Bertz CT molecular complexity index is 1430. The molecule has 1 fully saturated rings. The molecule has 0 saturated heterocycles. The molecular formula is C34H35NO5. The number of benzene rings is 3. The van der Waals surface area contributed by atoms with Crippen molar-refractivity contribution in [3.05, 3.63) is 107 Å². The molecule has 3 aromatic rings.